The second-order valence-electron chi connectivity index (χ2n) is 21.3. The molecule has 5 aliphatic rings. The van der Waals surface area contributed by atoms with Crippen molar-refractivity contribution in [3.8, 4) is 44.5 Å². The molecule has 67 heavy (non-hydrogen) atoms. The van der Waals surface area contributed by atoms with Crippen molar-refractivity contribution < 1.29 is 0 Å². The van der Waals surface area contributed by atoms with E-state index >= 15 is 0 Å². The zero-order valence-corrected chi connectivity index (χ0v) is 39.6. The first-order valence-corrected chi connectivity index (χ1v) is 26.2. The molecule has 3 saturated carbocycles. The van der Waals surface area contributed by atoms with Gasteiger partial charge >= 0.3 is 0 Å². The van der Waals surface area contributed by atoms with E-state index in [2.05, 4.69) is 195 Å². The predicted molar refractivity (Wildman–Crippen MR) is 284 cm³/mol. The fraction of sp³-hybridized carbons (Fsp3) is 0.262. The van der Waals surface area contributed by atoms with Crippen LogP contribution in [0.5, 0.6) is 0 Å². The monoisotopic (exact) mass is 883 g/mol. The summed E-state index contributed by atoms with van der Waals surface area (Å²) < 4.78 is 2.68. The van der Waals surface area contributed by atoms with E-state index in [1.165, 1.54) is 151 Å². The van der Waals surface area contributed by atoms with E-state index in [1.54, 1.807) is 11.1 Å². The Balaban J connectivity index is 0.905. The van der Waals surface area contributed by atoms with Crippen LogP contribution in [0.3, 0.4) is 0 Å². The van der Waals surface area contributed by atoms with Gasteiger partial charge in [-0.25, -0.2) is 0 Å². The molecular weight excluding hydrogens is 827 g/mol. The molecule has 2 spiro atoms. The summed E-state index contributed by atoms with van der Waals surface area (Å²) in [5.41, 5.74) is 20.9. The normalized spacial score (nSPS) is 23.0. The lowest BCUT2D eigenvalue weighted by Crippen LogP contribution is -2.49. The average Bonchev–Trinajstić information content (AvgIpc) is 3.98. The third kappa shape index (κ3) is 5.91. The highest BCUT2D eigenvalue weighted by Gasteiger charge is 2.56. The van der Waals surface area contributed by atoms with Crippen LogP contribution in [-0.2, 0) is 10.8 Å². The highest BCUT2D eigenvalue weighted by Crippen LogP contribution is 2.65. The Bertz CT molecular complexity index is 3400. The van der Waals surface area contributed by atoms with Gasteiger partial charge in [0.15, 0.2) is 0 Å². The van der Waals surface area contributed by atoms with Gasteiger partial charge < -0.3 is 4.90 Å². The lowest BCUT2D eigenvalue weighted by Gasteiger charge is -2.54. The van der Waals surface area contributed by atoms with Gasteiger partial charge in [-0.1, -0.05) is 148 Å². The summed E-state index contributed by atoms with van der Waals surface area (Å²) >= 11 is 1.92. The average molecular weight is 884 g/mol. The van der Waals surface area contributed by atoms with Crippen LogP contribution in [0.2, 0.25) is 0 Å². The molecule has 328 valence electrons. The molecule has 8 aromatic carbocycles. The van der Waals surface area contributed by atoms with E-state index in [-0.39, 0.29) is 10.8 Å². The Morgan fingerprint density at radius 2 is 1.01 bits per heavy atom. The number of benzene rings is 8. The van der Waals surface area contributed by atoms with Crippen LogP contribution in [0, 0.1) is 23.7 Å². The number of rotatable bonds is 5. The SMILES string of the molecule is C[C@@H]1CC2C[C@@H](C1)[C@@]1(c3ccccc3-c3ccc(-c4ccc5sc6ccc(N(c7ccc(-c8ccccc8)cc7)c7ccc8c(c7)C7(CCCCC7)c7ccccc7-8)cc6c5c4)cc31)[C@@H](C)C2. The first kappa shape index (κ1) is 39.9. The van der Waals surface area contributed by atoms with E-state index in [0.29, 0.717) is 11.8 Å². The van der Waals surface area contributed by atoms with Crippen molar-refractivity contribution in [2.45, 2.75) is 82.5 Å². The molecule has 3 fully saturated rings. The summed E-state index contributed by atoms with van der Waals surface area (Å²) in [5, 5.41) is 2.67. The summed E-state index contributed by atoms with van der Waals surface area (Å²) in [4.78, 5) is 2.53. The van der Waals surface area contributed by atoms with Crippen LogP contribution in [0.25, 0.3) is 64.7 Å². The largest absolute Gasteiger partial charge is 0.310 e. The van der Waals surface area contributed by atoms with E-state index in [9.17, 15) is 0 Å². The highest BCUT2D eigenvalue weighted by molar-refractivity contribution is 7.25. The van der Waals surface area contributed by atoms with E-state index in [0.717, 1.165) is 11.8 Å². The van der Waals surface area contributed by atoms with Crippen molar-refractivity contribution >= 4 is 48.6 Å². The van der Waals surface area contributed by atoms with E-state index in [1.807, 2.05) is 11.3 Å². The van der Waals surface area contributed by atoms with E-state index in [4.69, 9.17) is 0 Å². The lowest BCUT2D eigenvalue weighted by molar-refractivity contribution is 0.0426. The third-order valence-corrected chi connectivity index (χ3v) is 18.9. The third-order valence-electron chi connectivity index (χ3n) is 17.8. The summed E-state index contributed by atoms with van der Waals surface area (Å²) in [6.45, 7) is 5.11. The van der Waals surface area contributed by atoms with Gasteiger partial charge in [-0.3, -0.25) is 0 Å². The number of hydrogen-bond acceptors (Lipinski definition) is 2. The van der Waals surface area contributed by atoms with Gasteiger partial charge in [0.2, 0.25) is 0 Å². The first-order valence-electron chi connectivity index (χ1n) is 25.4. The number of thiophene rings is 1. The zero-order valence-electron chi connectivity index (χ0n) is 38.8. The number of anilines is 3. The second-order valence-corrected chi connectivity index (χ2v) is 22.4. The molecule has 0 N–H and O–H groups in total. The van der Waals surface area contributed by atoms with Crippen molar-refractivity contribution in [2.24, 2.45) is 23.7 Å². The van der Waals surface area contributed by atoms with Gasteiger partial charge in [0.1, 0.15) is 0 Å². The van der Waals surface area contributed by atoms with Crippen molar-refractivity contribution in [1.82, 2.24) is 0 Å². The van der Waals surface area contributed by atoms with Gasteiger partial charge in [-0.05, 0) is 190 Å². The molecule has 14 rings (SSSR count). The minimum absolute atomic E-state index is 0.0825. The van der Waals surface area contributed by atoms with Gasteiger partial charge in [0.05, 0.1) is 0 Å². The van der Waals surface area contributed by atoms with Crippen LogP contribution < -0.4 is 4.90 Å². The molecule has 1 aromatic heterocycles. The minimum atomic E-state index is 0.0825. The van der Waals surface area contributed by atoms with Crippen molar-refractivity contribution in [2.75, 3.05) is 4.90 Å². The maximum Gasteiger partial charge on any atom is 0.0468 e. The smallest absolute Gasteiger partial charge is 0.0468 e. The molecule has 9 aromatic rings. The molecule has 5 aliphatic carbocycles. The minimum Gasteiger partial charge on any atom is -0.310 e. The molecule has 2 heteroatoms. The van der Waals surface area contributed by atoms with Crippen LogP contribution in [0.4, 0.5) is 17.1 Å². The molecule has 0 saturated heterocycles. The molecule has 0 aliphatic heterocycles. The standard InChI is InChI=1S/C65H57NS/c1-41-33-43-35-42(2)65(48(34-41)36-43)59-18-10-8-16-53(59)55-27-21-47(38-61(55)65)46-22-29-62-56(37-46)57-39-50(26-30-63(57)67-62)66(49-23-19-45(20-24-49)44-13-5-3-6-14-44)51-25-28-54-52-15-7-9-17-58(52)64(60(54)40-51)31-11-4-12-32-64/h3,5-10,13-30,37-43,48H,4,11-12,31-36H2,1-2H3/t41-,42+,43?,48-,65-/m1/s1. The summed E-state index contributed by atoms with van der Waals surface area (Å²) in [7, 11) is 0. The second kappa shape index (κ2) is 15.1. The van der Waals surface area contributed by atoms with Gasteiger partial charge in [-0.15, -0.1) is 11.3 Å². The Morgan fingerprint density at radius 3 is 1.84 bits per heavy atom. The summed E-state index contributed by atoms with van der Waals surface area (Å²) in [6.07, 6.45) is 11.8. The Kier molecular flexibility index (Phi) is 9.02. The van der Waals surface area contributed by atoms with Crippen LogP contribution in [0.1, 0.15) is 93.9 Å². The molecule has 1 nitrogen and oxygen atoms in total. The number of hydrogen-bond donors (Lipinski definition) is 0. The predicted octanol–water partition coefficient (Wildman–Crippen LogP) is 18.4. The topological polar surface area (TPSA) is 3.24 Å². The summed E-state index contributed by atoms with van der Waals surface area (Å²) in [6, 6.07) is 68.2. The first-order chi connectivity index (χ1) is 33.0. The van der Waals surface area contributed by atoms with Crippen LogP contribution in [-0.4, -0.2) is 0 Å². The van der Waals surface area contributed by atoms with Gasteiger partial charge in [0.25, 0.3) is 0 Å². The molecule has 0 amide bonds. The fourth-order valence-corrected chi connectivity index (χ4v) is 16.2. The summed E-state index contributed by atoms with van der Waals surface area (Å²) in [5.74, 6) is 2.97. The Morgan fingerprint density at radius 1 is 0.433 bits per heavy atom. The number of nitrogens with zero attached hydrogens (tertiary/aromatic N) is 1. The molecule has 1 heterocycles. The maximum atomic E-state index is 2.64. The zero-order chi connectivity index (χ0) is 44.4. The van der Waals surface area contributed by atoms with Crippen LogP contribution in [0.15, 0.2) is 176 Å². The van der Waals surface area contributed by atoms with Crippen molar-refractivity contribution in [1.29, 1.82) is 0 Å². The van der Waals surface area contributed by atoms with Crippen molar-refractivity contribution in [3.05, 3.63) is 198 Å². The molecule has 1 unspecified atom stereocenters. The van der Waals surface area contributed by atoms with Crippen LogP contribution >= 0.6 is 11.3 Å². The number of fused-ring (bicyclic) bond motifs is 16. The van der Waals surface area contributed by atoms with Crippen molar-refractivity contribution in [3.63, 3.8) is 0 Å². The van der Waals surface area contributed by atoms with Gasteiger partial charge in [0, 0.05) is 48.1 Å². The Hall–Kier alpha value is -6.22. The molecule has 0 radical (unpaired) electrons. The molecule has 5 atom stereocenters. The fourth-order valence-electron chi connectivity index (χ4n) is 15.1. The van der Waals surface area contributed by atoms with Gasteiger partial charge in [-0.2, -0.15) is 0 Å². The quantitative estimate of drug-likeness (QED) is 0.166. The highest BCUT2D eigenvalue weighted by atomic mass is 32.1. The lowest BCUT2D eigenvalue weighted by atomic mass is 9.49. The maximum absolute atomic E-state index is 2.64. The Labute approximate surface area is 400 Å². The van der Waals surface area contributed by atoms with E-state index < -0.39 is 0 Å². The molecule has 2 bridgehead atoms. The molecular formula is C65H57NS.